The first-order valence-corrected chi connectivity index (χ1v) is 6.82. The molecular weight excluding hydrogens is 252 g/mol. The number of ether oxygens (including phenoxy) is 1. The Bertz CT molecular complexity index is 621. The summed E-state index contributed by atoms with van der Waals surface area (Å²) in [5.41, 5.74) is 0. The molecule has 0 unspecified atom stereocenters. The molecule has 0 radical (unpaired) electrons. The zero-order chi connectivity index (χ0) is 13.2. The third kappa shape index (κ3) is 2.36. The summed E-state index contributed by atoms with van der Waals surface area (Å²) in [6, 6.07) is 6.15. The van der Waals surface area contributed by atoms with Gasteiger partial charge < -0.3 is 4.74 Å². The number of benzene rings is 1. The van der Waals surface area contributed by atoms with E-state index in [0.717, 1.165) is 0 Å². The summed E-state index contributed by atoms with van der Waals surface area (Å²) < 4.78 is 29.4. The molecule has 94 valence electrons. The highest BCUT2D eigenvalue weighted by atomic mass is 32.2. The van der Waals surface area contributed by atoms with Crippen LogP contribution in [0.25, 0.3) is 0 Å². The van der Waals surface area contributed by atoms with Gasteiger partial charge in [-0.15, -0.1) is 0 Å². The van der Waals surface area contributed by atoms with Crippen LogP contribution >= 0.6 is 0 Å². The number of carbonyl (C=O) groups is 1. The van der Waals surface area contributed by atoms with Crippen molar-refractivity contribution in [2.75, 3.05) is 7.11 Å². The van der Waals surface area contributed by atoms with Crippen LogP contribution in [0.1, 0.15) is 6.42 Å². The fraction of sp³-hybridized carbons (Fsp3) is 0.154. The fourth-order valence-electron chi connectivity index (χ4n) is 1.60. The van der Waals surface area contributed by atoms with E-state index in [1.165, 1.54) is 37.5 Å². The molecule has 0 heterocycles. The Hall–Kier alpha value is -1.88. The summed E-state index contributed by atoms with van der Waals surface area (Å²) in [7, 11) is -2.03. The average Bonchev–Trinajstić information content (AvgIpc) is 2.39. The molecule has 5 heteroatoms. The summed E-state index contributed by atoms with van der Waals surface area (Å²) in [5, 5.41) is 0. The van der Waals surface area contributed by atoms with E-state index >= 15 is 0 Å². The van der Waals surface area contributed by atoms with Crippen molar-refractivity contribution in [2.45, 2.75) is 11.3 Å². The minimum Gasteiger partial charge on any atom is -0.497 e. The van der Waals surface area contributed by atoms with E-state index < -0.39 is 9.84 Å². The van der Waals surface area contributed by atoms with Gasteiger partial charge in [0.25, 0.3) is 0 Å². The largest absolute Gasteiger partial charge is 0.497 e. The minimum absolute atomic E-state index is 0.0938. The highest BCUT2D eigenvalue weighted by Crippen LogP contribution is 2.24. The van der Waals surface area contributed by atoms with Gasteiger partial charge in [0.15, 0.2) is 5.78 Å². The highest BCUT2D eigenvalue weighted by Gasteiger charge is 2.20. The van der Waals surface area contributed by atoms with Crippen molar-refractivity contribution < 1.29 is 17.9 Å². The number of hydrogen-bond donors (Lipinski definition) is 0. The predicted octanol–water partition coefficient (Wildman–Crippen LogP) is 1.88. The monoisotopic (exact) mass is 264 g/mol. The van der Waals surface area contributed by atoms with Crippen LogP contribution in [0.2, 0.25) is 0 Å². The summed E-state index contributed by atoms with van der Waals surface area (Å²) in [4.78, 5) is 11.4. The Morgan fingerprint density at radius 3 is 2.28 bits per heavy atom. The van der Waals surface area contributed by atoms with Gasteiger partial charge in [-0.3, -0.25) is 4.79 Å². The zero-order valence-corrected chi connectivity index (χ0v) is 10.6. The Morgan fingerprint density at radius 1 is 1.11 bits per heavy atom. The third-order valence-electron chi connectivity index (χ3n) is 2.62. The Kier molecular flexibility index (Phi) is 3.34. The van der Waals surface area contributed by atoms with Crippen molar-refractivity contribution >= 4 is 15.6 Å². The number of carbonyl (C=O) groups excluding carboxylic acids is 1. The van der Waals surface area contributed by atoms with Crippen LogP contribution in [-0.2, 0) is 14.6 Å². The molecule has 0 spiro atoms. The Labute approximate surface area is 106 Å². The molecule has 1 aromatic carbocycles. The molecule has 0 atom stereocenters. The second-order valence-corrected chi connectivity index (χ2v) is 5.74. The van der Waals surface area contributed by atoms with Gasteiger partial charge in [0.05, 0.1) is 16.9 Å². The molecule has 0 saturated heterocycles. The van der Waals surface area contributed by atoms with Gasteiger partial charge >= 0.3 is 0 Å². The lowest BCUT2D eigenvalue weighted by molar-refractivity contribution is -0.113. The second-order valence-electron chi connectivity index (χ2n) is 3.79. The molecule has 0 bridgehead atoms. The predicted molar refractivity (Wildman–Crippen MR) is 67.0 cm³/mol. The van der Waals surface area contributed by atoms with Crippen LogP contribution in [-0.4, -0.2) is 21.3 Å². The molecule has 2 rings (SSSR count). The van der Waals surface area contributed by atoms with Gasteiger partial charge in [0.2, 0.25) is 9.84 Å². The molecule has 0 N–H and O–H groups in total. The molecule has 1 aliphatic rings. The van der Waals surface area contributed by atoms with E-state index in [4.69, 9.17) is 4.74 Å². The van der Waals surface area contributed by atoms with Gasteiger partial charge in [-0.2, -0.15) is 0 Å². The van der Waals surface area contributed by atoms with Crippen molar-refractivity contribution in [3.63, 3.8) is 0 Å². The van der Waals surface area contributed by atoms with Crippen LogP contribution in [0.3, 0.4) is 0 Å². The number of sulfone groups is 1. The van der Waals surface area contributed by atoms with Gasteiger partial charge in [-0.1, -0.05) is 6.08 Å². The number of methoxy groups -OCH3 is 1. The molecule has 0 saturated carbocycles. The first kappa shape index (κ1) is 12.6. The summed E-state index contributed by atoms with van der Waals surface area (Å²) in [5.74, 6) is 0.501. The topological polar surface area (TPSA) is 60.4 Å². The molecule has 1 aromatic rings. The van der Waals surface area contributed by atoms with Crippen molar-refractivity contribution in [1.82, 2.24) is 0 Å². The lowest BCUT2D eigenvalue weighted by Gasteiger charge is -2.08. The van der Waals surface area contributed by atoms with E-state index in [2.05, 4.69) is 0 Å². The Balaban J connectivity index is 2.36. The van der Waals surface area contributed by atoms with E-state index in [1.54, 1.807) is 12.1 Å². The van der Waals surface area contributed by atoms with E-state index in [-0.39, 0.29) is 22.0 Å². The molecule has 0 aliphatic heterocycles. The van der Waals surface area contributed by atoms with Crippen LogP contribution in [0.15, 0.2) is 52.3 Å². The second kappa shape index (κ2) is 4.78. The number of hydrogen-bond acceptors (Lipinski definition) is 4. The van der Waals surface area contributed by atoms with Gasteiger partial charge in [0.1, 0.15) is 5.75 Å². The summed E-state index contributed by atoms with van der Waals surface area (Å²) in [6.07, 6.45) is 4.19. The van der Waals surface area contributed by atoms with Crippen molar-refractivity contribution in [1.29, 1.82) is 0 Å². The van der Waals surface area contributed by atoms with E-state index in [9.17, 15) is 13.2 Å². The van der Waals surface area contributed by atoms with Crippen molar-refractivity contribution in [2.24, 2.45) is 0 Å². The van der Waals surface area contributed by atoms with Gasteiger partial charge in [-0.05, 0) is 36.4 Å². The van der Waals surface area contributed by atoms with Crippen LogP contribution in [0, 0.1) is 0 Å². The molecule has 4 nitrogen and oxygen atoms in total. The average molecular weight is 264 g/mol. The molecule has 0 fully saturated rings. The molecule has 18 heavy (non-hydrogen) atoms. The number of ketones is 1. The quantitative estimate of drug-likeness (QED) is 0.836. The number of rotatable bonds is 3. The normalized spacial score (nSPS) is 15.4. The lowest BCUT2D eigenvalue weighted by atomic mass is 10.2. The van der Waals surface area contributed by atoms with Crippen LogP contribution < -0.4 is 4.74 Å². The Morgan fingerprint density at radius 2 is 1.78 bits per heavy atom. The van der Waals surface area contributed by atoms with E-state index in [0.29, 0.717) is 5.75 Å². The summed E-state index contributed by atoms with van der Waals surface area (Å²) >= 11 is 0. The minimum atomic E-state index is -3.54. The smallest absolute Gasteiger partial charge is 0.206 e. The van der Waals surface area contributed by atoms with Crippen molar-refractivity contribution in [3.8, 4) is 5.75 Å². The maximum atomic E-state index is 12.2. The van der Waals surface area contributed by atoms with Crippen molar-refractivity contribution in [3.05, 3.63) is 47.4 Å². The van der Waals surface area contributed by atoms with Crippen LogP contribution in [0.5, 0.6) is 5.75 Å². The first-order chi connectivity index (χ1) is 8.54. The van der Waals surface area contributed by atoms with E-state index in [1.807, 2.05) is 0 Å². The fourth-order valence-corrected chi connectivity index (χ4v) is 2.92. The molecule has 0 amide bonds. The van der Waals surface area contributed by atoms with Crippen LogP contribution in [0.4, 0.5) is 0 Å². The zero-order valence-electron chi connectivity index (χ0n) is 9.79. The standard InChI is InChI=1S/C13H12O4S/c1-17-11-4-8-13(9-5-11)18(15,16)12-6-2-10(14)3-7-12/h2,4-9H,3H2,1H3. The SMILES string of the molecule is COc1ccc(S(=O)(=O)C2=CCC(=O)C=C2)cc1. The highest BCUT2D eigenvalue weighted by molar-refractivity contribution is 7.95. The van der Waals surface area contributed by atoms with Gasteiger partial charge in [-0.25, -0.2) is 8.42 Å². The third-order valence-corrected chi connectivity index (χ3v) is 4.43. The van der Waals surface area contributed by atoms with Gasteiger partial charge in [0, 0.05) is 6.42 Å². The maximum absolute atomic E-state index is 12.2. The molecule has 0 aromatic heterocycles. The maximum Gasteiger partial charge on any atom is 0.206 e. The number of allylic oxidation sites excluding steroid dienone is 3. The molecular formula is C13H12O4S. The molecule has 1 aliphatic carbocycles. The lowest BCUT2D eigenvalue weighted by Crippen LogP contribution is -2.07. The first-order valence-electron chi connectivity index (χ1n) is 5.34. The summed E-state index contributed by atoms with van der Waals surface area (Å²) in [6.45, 7) is 0.